The number of aryl methyl sites for hydroxylation is 1. The molecule has 3 aliphatic carbocycles. The van der Waals surface area contributed by atoms with E-state index in [0.29, 0.717) is 36.3 Å². The Labute approximate surface area is 141 Å². The van der Waals surface area contributed by atoms with E-state index in [-0.39, 0.29) is 11.7 Å². The Bertz CT molecular complexity index is 855. The number of nitrogens with one attached hydrogen (secondary N) is 2. The van der Waals surface area contributed by atoms with Gasteiger partial charge in [0, 0.05) is 7.05 Å². The number of nitrogens with zero attached hydrogens (tertiary/aromatic N) is 4. The van der Waals surface area contributed by atoms with Crippen LogP contribution in [0.4, 0.5) is 16.3 Å². The topological polar surface area (TPSA) is 142 Å². The lowest BCUT2D eigenvalue weighted by Gasteiger charge is -2.66. The summed E-state index contributed by atoms with van der Waals surface area (Å²) < 4.78 is 1.30. The summed E-state index contributed by atoms with van der Waals surface area (Å²) in [5.74, 6) is 0.101. The molecule has 3 saturated carbocycles. The number of carboxylic acid groups (broad SMARTS) is 1. The number of aliphatic hydroxyl groups is 1. The Kier molecular flexibility index (Phi) is 3.10. The molecular weight excluding hydrogens is 328 g/mol. The molecule has 0 aliphatic heterocycles. The van der Waals surface area contributed by atoms with Gasteiger partial charge in [-0.05, 0) is 31.4 Å². The van der Waals surface area contributed by atoms with E-state index >= 15 is 0 Å². The number of rotatable bonds is 4. The third-order valence-corrected chi connectivity index (χ3v) is 4.80. The second kappa shape index (κ2) is 4.99. The lowest BCUT2D eigenvalue weighted by molar-refractivity contribution is -0.247. The molecule has 3 fully saturated rings. The Morgan fingerprint density at radius 2 is 1.96 bits per heavy atom. The van der Waals surface area contributed by atoms with Gasteiger partial charge in [0.25, 0.3) is 0 Å². The van der Waals surface area contributed by atoms with Crippen LogP contribution in [0.15, 0.2) is 18.3 Å². The number of aromatic nitrogens is 4. The van der Waals surface area contributed by atoms with Gasteiger partial charge in [0.2, 0.25) is 5.91 Å². The van der Waals surface area contributed by atoms with Crippen LogP contribution in [0.3, 0.4) is 0 Å². The number of pyridine rings is 1. The Hall–Kier alpha value is -3.01. The van der Waals surface area contributed by atoms with E-state index in [1.165, 1.54) is 10.9 Å². The number of carbonyl (C=O) groups excluding carboxylic acids is 1. The first-order valence-electron chi connectivity index (χ1n) is 7.70. The summed E-state index contributed by atoms with van der Waals surface area (Å²) in [7, 11) is 1.56. The highest BCUT2D eigenvalue weighted by molar-refractivity contribution is 5.98. The molecule has 0 aromatic carbocycles. The fourth-order valence-electron chi connectivity index (χ4n) is 3.62. The van der Waals surface area contributed by atoms with Crippen LogP contribution in [-0.2, 0) is 11.8 Å². The molecule has 25 heavy (non-hydrogen) atoms. The Balaban J connectivity index is 1.49. The summed E-state index contributed by atoms with van der Waals surface area (Å²) in [6, 6.07) is 3.29. The monoisotopic (exact) mass is 344 g/mol. The van der Waals surface area contributed by atoms with Crippen LogP contribution in [0.25, 0.3) is 11.4 Å². The van der Waals surface area contributed by atoms with Crippen LogP contribution in [0.5, 0.6) is 0 Å². The van der Waals surface area contributed by atoms with Gasteiger partial charge < -0.3 is 15.5 Å². The van der Waals surface area contributed by atoms with Crippen molar-refractivity contribution in [3.8, 4) is 11.4 Å². The number of anilines is 2. The zero-order valence-corrected chi connectivity index (χ0v) is 13.4. The fraction of sp³-hybridized carbons (Fsp3) is 0.400. The summed E-state index contributed by atoms with van der Waals surface area (Å²) in [6.07, 6.45) is 1.80. The third kappa shape index (κ3) is 2.41. The van der Waals surface area contributed by atoms with E-state index in [1.807, 2.05) is 0 Å². The van der Waals surface area contributed by atoms with Gasteiger partial charge in [-0.2, -0.15) is 0 Å². The molecule has 0 spiro atoms. The molecule has 0 atom stereocenters. The molecule has 5 rings (SSSR count). The highest BCUT2D eigenvalue weighted by atomic mass is 16.4. The molecule has 2 heterocycles. The molecule has 2 aromatic heterocycles. The molecule has 10 nitrogen and oxygen atoms in total. The van der Waals surface area contributed by atoms with Gasteiger partial charge in [0.05, 0.1) is 28.6 Å². The minimum atomic E-state index is -1.23. The molecule has 2 aromatic rings. The van der Waals surface area contributed by atoms with Crippen LogP contribution in [0.1, 0.15) is 19.3 Å². The summed E-state index contributed by atoms with van der Waals surface area (Å²) in [4.78, 5) is 27.4. The first kappa shape index (κ1) is 15.5. The van der Waals surface area contributed by atoms with Gasteiger partial charge in [0.15, 0.2) is 11.5 Å². The van der Waals surface area contributed by atoms with Crippen molar-refractivity contribution in [1.82, 2.24) is 20.0 Å². The maximum atomic E-state index is 12.3. The maximum absolute atomic E-state index is 12.3. The second-order valence-electron chi connectivity index (χ2n) is 6.76. The Morgan fingerprint density at radius 1 is 1.24 bits per heavy atom. The van der Waals surface area contributed by atoms with Crippen molar-refractivity contribution < 1.29 is 19.8 Å². The van der Waals surface area contributed by atoms with Crippen molar-refractivity contribution in [2.75, 3.05) is 10.6 Å². The van der Waals surface area contributed by atoms with E-state index in [0.717, 1.165) is 0 Å². The van der Waals surface area contributed by atoms with Gasteiger partial charge in [0.1, 0.15) is 0 Å². The quantitative estimate of drug-likeness (QED) is 0.643. The molecular formula is C15H16N6O4. The lowest BCUT2D eigenvalue weighted by Crippen LogP contribution is -2.71. The molecule has 0 radical (unpaired) electrons. The fourth-order valence-corrected chi connectivity index (χ4v) is 3.62. The first-order chi connectivity index (χ1) is 11.8. The number of carbonyl (C=O) groups is 2. The van der Waals surface area contributed by atoms with Crippen molar-refractivity contribution >= 4 is 23.5 Å². The molecule has 2 amide bonds. The molecule has 2 bridgehead atoms. The molecule has 130 valence electrons. The van der Waals surface area contributed by atoms with Gasteiger partial charge >= 0.3 is 6.09 Å². The summed E-state index contributed by atoms with van der Waals surface area (Å²) in [5, 5.41) is 31.4. The zero-order valence-electron chi connectivity index (χ0n) is 13.4. The van der Waals surface area contributed by atoms with Crippen LogP contribution >= 0.6 is 0 Å². The second-order valence-corrected chi connectivity index (χ2v) is 6.76. The summed E-state index contributed by atoms with van der Waals surface area (Å²) in [6.45, 7) is 0. The number of hydrogen-bond donors (Lipinski definition) is 4. The standard InChI is InChI=1S/C15H16N6O4/c1-21-11(18-13(23)24)10(19-20-21)9-3-2-8(4-16-9)17-12(22)14-5-15(25,6-14)7-14/h2-4,18,25H,5-7H2,1H3,(H,17,22)(H,23,24). The van der Waals surface area contributed by atoms with Gasteiger partial charge in [-0.25, -0.2) is 9.48 Å². The minimum absolute atomic E-state index is 0.106. The van der Waals surface area contributed by atoms with E-state index < -0.39 is 17.1 Å². The van der Waals surface area contributed by atoms with E-state index in [1.54, 1.807) is 19.2 Å². The lowest BCUT2D eigenvalue weighted by atomic mass is 9.41. The van der Waals surface area contributed by atoms with E-state index in [9.17, 15) is 14.7 Å². The highest BCUT2D eigenvalue weighted by Crippen LogP contribution is 2.67. The summed E-state index contributed by atoms with van der Waals surface area (Å²) in [5.41, 5.74) is 0.191. The van der Waals surface area contributed by atoms with Crippen LogP contribution in [0.2, 0.25) is 0 Å². The van der Waals surface area contributed by atoms with Crippen molar-refractivity contribution in [3.05, 3.63) is 18.3 Å². The predicted octanol–water partition coefficient (Wildman–Crippen LogP) is 0.821. The van der Waals surface area contributed by atoms with Gasteiger partial charge in [-0.15, -0.1) is 5.10 Å². The molecule has 4 N–H and O–H groups in total. The van der Waals surface area contributed by atoms with Crippen molar-refractivity contribution in [3.63, 3.8) is 0 Å². The molecule has 0 unspecified atom stereocenters. The molecule has 0 saturated heterocycles. The predicted molar refractivity (Wildman–Crippen MR) is 85.7 cm³/mol. The zero-order chi connectivity index (χ0) is 17.8. The van der Waals surface area contributed by atoms with Crippen molar-refractivity contribution in [2.24, 2.45) is 12.5 Å². The van der Waals surface area contributed by atoms with Gasteiger partial charge in [-0.3, -0.25) is 15.1 Å². The normalized spacial score (nSPS) is 26.3. The smallest absolute Gasteiger partial charge is 0.410 e. The number of amides is 2. The van der Waals surface area contributed by atoms with Gasteiger partial charge in [-0.1, -0.05) is 5.21 Å². The SMILES string of the molecule is Cn1nnc(-c2ccc(NC(=O)C34CC(O)(C3)C4)cn2)c1NC(=O)O. The Morgan fingerprint density at radius 3 is 2.52 bits per heavy atom. The van der Waals surface area contributed by atoms with E-state index in [2.05, 4.69) is 25.9 Å². The largest absolute Gasteiger partial charge is 0.465 e. The van der Waals surface area contributed by atoms with Crippen molar-refractivity contribution in [1.29, 1.82) is 0 Å². The average Bonchev–Trinajstić information content (AvgIpc) is 2.84. The highest BCUT2D eigenvalue weighted by Gasteiger charge is 2.71. The molecule has 3 aliphatic rings. The summed E-state index contributed by atoms with van der Waals surface area (Å²) >= 11 is 0. The third-order valence-electron chi connectivity index (χ3n) is 4.80. The van der Waals surface area contributed by atoms with Crippen LogP contribution in [-0.4, -0.2) is 47.8 Å². The van der Waals surface area contributed by atoms with E-state index in [4.69, 9.17) is 5.11 Å². The minimum Gasteiger partial charge on any atom is -0.465 e. The number of hydrogen-bond acceptors (Lipinski definition) is 6. The average molecular weight is 344 g/mol. The van der Waals surface area contributed by atoms with Crippen LogP contribution in [0, 0.1) is 5.41 Å². The van der Waals surface area contributed by atoms with Crippen molar-refractivity contribution in [2.45, 2.75) is 24.9 Å². The van der Waals surface area contributed by atoms with Crippen LogP contribution < -0.4 is 10.6 Å². The molecule has 10 heteroatoms. The first-order valence-corrected chi connectivity index (χ1v) is 7.70. The maximum Gasteiger partial charge on any atom is 0.410 e.